The van der Waals surface area contributed by atoms with Gasteiger partial charge >= 0.3 is 0 Å². The van der Waals surface area contributed by atoms with Crippen molar-refractivity contribution in [2.24, 2.45) is 0 Å². The Morgan fingerprint density at radius 2 is 1.52 bits per heavy atom. The van der Waals surface area contributed by atoms with E-state index >= 15 is 0 Å². The first-order chi connectivity index (χ1) is 11.4. The molecule has 0 unspecified atom stereocenters. The molecule has 2 heteroatoms. The fourth-order valence-electron chi connectivity index (χ4n) is 3.39. The number of benzene rings is 1. The molecule has 1 aliphatic rings. The fraction of sp³-hybridized carbons (Fsp3) is 0.238. The quantitative estimate of drug-likeness (QED) is 0.641. The number of nitrogens with zero attached hydrogens (tertiary/aromatic N) is 2. The second-order valence-corrected chi connectivity index (χ2v) is 6.23. The summed E-state index contributed by atoms with van der Waals surface area (Å²) < 4.78 is 0. The van der Waals surface area contributed by atoms with Crippen molar-refractivity contribution in [1.82, 2.24) is 9.97 Å². The Morgan fingerprint density at radius 1 is 0.696 bits per heavy atom. The Hall–Kier alpha value is -2.48. The fourth-order valence-corrected chi connectivity index (χ4v) is 3.39. The monoisotopic (exact) mass is 300 g/mol. The van der Waals surface area contributed by atoms with E-state index in [2.05, 4.69) is 47.4 Å². The van der Waals surface area contributed by atoms with Crippen molar-refractivity contribution in [3.05, 3.63) is 72.6 Å². The van der Waals surface area contributed by atoms with E-state index in [4.69, 9.17) is 4.98 Å². The lowest BCUT2D eigenvalue weighted by Gasteiger charge is -2.10. The molecule has 0 aliphatic heterocycles. The average Bonchev–Trinajstić information content (AvgIpc) is 3.18. The highest BCUT2D eigenvalue weighted by molar-refractivity contribution is 5.64. The molecule has 4 rings (SSSR count). The maximum absolute atomic E-state index is 4.89. The van der Waals surface area contributed by atoms with Gasteiger partial charge in [0, 0.05) is 28.9 Å². The molecule has 2 heterocycles. The first-order valence-electron chi connectivity index (χ1n) is 8.39. The second-order valence-electron chi connectivity index (χ2n) is 6.23. The molecule has 2 nitrogen and oxygen atoms in total. The molecule has 2 aromatic heterocycles. The normalized spacial score (nSPS) is 15.0. The molecular weight excluding hydrogens is 280 g/mol. The second kappa shape index (κ2) is 6.33. The van der Waals surface area contributed by atoms with Crippen LogP contribution < -0.4 is 0 Å². The highest BCUT2D eigenvalue weighted by Crippen LogP contribution is 2.33. The van der Waals surface area contributed by atoms with E-state index in [1.54, 1.807) is 0 Å². The van der Waals surface area contributed by atoms with Crippen molar-refractivity contribution in [1.29, 1.82) is 0 Å². The van der Waals surface area contributed by atoms with Crippen molar-refractivity contribution in [2.75, 3.05) is 0 Å². The average molecular weight is 300 g/mol. The van der Waals surface area contributed by atoms with Crippen LogP contribution in [-0.4, -0.2) is 9.97 Å². The molecule has 1 aliphatic carbocycles. The first-order valence-corrected chi connectivity index (χ1v) is 8.39. The molecule has 0 amide bonds. The third-order valence-corrected chi connectivity index (χ3v) is 4.67. The lowest BCUT2D eigenvalue weighted by molar-refractivity contribution is 0.698. The lowest BCUT2D eigenvalue weighted by atomic mass is 10.0. The zero-order valence-corrected chi connectivity index (χ0v) is 13.2. The molecule has 0 bridgehead atoms. The molecule has 0 N–H and O–H groups in total. The van der Waals surface area contributed by atoms with E-state index in [0.29, 0.717) is 5.92 Å². The van der Waals surface area contributed by atoms with Crippen molar-refractivity contribution >= 4 is 0 Å². The standard InChI is InChI=1S/C21H20N2/c1-2-7-16(8-3-1)19-14-13-18(15-22-19)21-12-6-11-20(23-21)17-9-4-5-10-17/h1-3,6-8,11-15,17H,4-5,9-10H2. The zero-order chi connectivity index (χ0) is 15.5. The van der Waals surface area contributed by atoms with Crippen molar-refractivity contribution in [3.63, 3.8) is 0 Å². The van der Waals surface area contributed by atoms with Crippen LogP contribution in [0.15, 0.2) is 66.9 Å². The summed E-state index contributed by atoms with van der Waals surface area (Å²) in [5, 5.41) is 0. The zero-order valence-electron chi connectivity index (χ0n) is 13.2. The van der Waals surface area contributed by atoms with Crippen LogP contribution in [0.4, 0.5) is 0 Å². The van der Waals surface area contributed by atoms with Gasteiger partial charge in [-0.2, -0.15) is 0 Å². The van der Waals surface area contributed by atoms with E-state index in [9.17, 15) is 0 Å². The van der Waals surface area contributed by atoms with E-state index in [0.717, 1.165) is 22.5 Å². The summed E-state index contributed by atoms with van der Waals surface area (Å²) in [6, 6.07) is 20.8. The first kappa shape index (κ1) is 14.1. The van der Waals surface area contributed by atoms with Crippen LogP contribution in [0.1, 0.15) is 37.3 Å². The Bertz CT molecular complexity index is 772. The van der Waals surface area contributed by atoms with Crippen molar-refractivity contribution < 1.29 is 0 Å². The van der Waals surface area contributed by atoms with Gasteiger partial charge in [-0.05, 0) is 37.1 Å². The van der Waals surface area contributed by atoms with Crippen LogP contribution in [-0.2, 0) is 0 Å². The summed E-state index contributed by atoms with van der Waals surface area (Å²) in [6.07, 6.45) is 7.17. The van der Waals surface area contributed by atoms with Gasteiger partial charge in [0.1, 0.15) is 0 Å². The van der Waals surface area contributed by atoms with E-state index < -0.39 is 0 Å². The van der Waals surface area contributed by atoms with Crippen molar-refractivity contribution in [3.8, 4) is 22.5 Å². The lowest BCUT2D eigenvalue weighted by Crippen LogP contribution is -1.97. The van der Waals surface area contributed by atoms with Gasteiger partial charge in [-0.3, -0.25) is 9.97 Å². The smallest absolute Gasteiger partial charge is 0.0720 e. The molecule has 0 atom stereocenters. The summed E-state index contributed by atoms with van der Waals surface area (Å²) >= 11 is 0. The highest BCUT2D eigenvalue weighted by Gasteiger charge is 2.18. The Labute approximate surface area is 137 Å². The van der Waals surface area contributed by atoms with Gasteiger partial charge in [0.15, 0.2) is 0 Å². The third-order valence-electron chi connectivity index (χ3n) is 4.67. The van der Waals surface area contributed by atoms with E-state index in [1.165, 1.54) is 31.4 Å². The van der Waals surface area contributed by atoms with Gasteiger partial charge in [-0.25, -0.2) is 0 Å². The Kier molecular flexibility index (Phi) is 3.89. The van der Waals surface area contributed by atoms with E-state index in [-0.39, 0.29) is 0 Å². The van der Waals surface area contributed by atoms with Crippen LogP contribution in [0, 0.1) is 0 Å². The minimum absolute atomic E-state index is 0.645. The van der Waals surface area contributed by atoms with Crippen LogP contribution in [0.2, 0.25) is 0 Å². The van der Waals surface area contributed by atoms with Crippen LogP contribution in [0.3, 0.4) is 0 Å². The summed E-state index contributed by atoms with van der Waals surface area (Å²) in [7, 11) is 0. The van der Waals surface area contributed by atoms with E-state index in [1.807, 2.05) is 24.4 Å². The molecule has 0 saturated heterocycles. The van der Waals surface area contributed by atoms with Crippen molar-refractivity contribution in [2.45, 2.75) is 31.6 Å². The van der Waals surface area contributed by atoms with Crippen LogP contribution >= 0.6 is 0 Å². The minimum atomic E-state index is 0.645. The Morgan fingerprint density at radius 3 is 2.26 bits per heavy atom. The number of pyridine rings is 2. The molecule has 1 aromatic carbocycles. The summed E-state index contributed by atoms with van der Waals surface area (Å²) in [4.78, 5) is 9.50. The molecule has 1 saturated carbocycles. The Balaban J connectivity index is 1.62. The molecular formula is C21H20N2. The predicted octanol–water partition coefficient (Wildman–Crippen LogP) is 5.47. The van der Waals surface area contributed by atoms with Gasteiger partial charge in [0.05, 0.1) is 11.4 Å². The largest absolute Gasteiger partial charge is 0.256 e. The molecule has 23 heavy (non-hydrogen) atoms. The number of rotatable bonds is 3. The maximum Gasteiger partial charge on any atom is 0.0720 e. The van der Waals surface area contributed by atoms with Gasteiger partial charge in [0.25, 0.3) is 0 Å². The number of aromatic nitrogens is 2. The number of hydrogen-bond acceptors (Lipinski definition) is 2. The topological polar surface area (TPSA) is 25.8 Å². The predicted molar refractivity (Wildman–Crippen MR) is 94.1 cm³/mol. The molecule has 0 radical (unpaired) electrons. The van der Waals surface area contributed by atoms with Gasteiger partial charge in [-0.15, -0.1) is 0 Å². The maximum atomic E-state index is 4.89. The number of hydrogen-bond donors (Lipinski definition) is 0. The minimum Gasteiger partial charge on any atom is -0.256 e. The molecule has 3 aromatic rings. The van der Waals surface area contributed by atoms with Crippen LogP contribution in [0.25, 0.3) is 22.5 Å². The molecule has 1 fully saturated rings. The third kappa shape index (κ3) is 3.02. The SMILES string of the molecule is c1ccc(-c2ccc(-c3cccc(C4CCCC4)n3)cn2)cc1. The summed E-state index contributed by atoms with van der Waals surface area (Å²) in [5.74, 6) is 0.645. The molecule has 114 valence electrons. The van der Waals surface area contributed by atoms with Gasteiger partial charge < -0.3 is 0 Å². The highest BCUT2D eigenvalue weighted by atomic mass is 14.7. The van der Waals surface area contributed by atoms with Gasteiger partial charge in [0.2, 0.25) is 0 Å². The summed E-state index contributed by atoms with van der Waals surface area (Å²) in [6.45, 7) is 0. The summed E-state index contributed by atoms with van der Waals surface area (Å²) in [5.41, 5.74) is 5.51. The van der Waals surface area contributed by atoms with Crippen LogP contribution in [0.5, 0.6) is 0 Å². The van der Waals surface area contributed by atoms with Gasteiger partial charge in [-0.1, -0.05) is 49.2 Å². The molecule has 0 spiro atoms.